The standard InChI is InChI=1S/C19H19N5O4/c1-10-9-14(15-16(20-10)23(3)19(28)24(4)18(15)27)17(26)22-13-7-5-12(6-8-13)21-11(2)25/h5-9H,1-4H3,(H,21,25)(H,22,26). The molecule has 2 heterocycles. The Labute approximate surface area is 159 Å². The van der Waals surface area contributed by atoms with Crippen molar-refractivity contribution in [1.29, 1.82) is 0 Å². The lowest BCUT2D eigenvalue weighted by Crippen LogP contribution is -2.38. The van der Waals surface area contributed by atoms with E-state index >= 15 is 0 Å². The summed E-state index contributed by atoms with van der Waals surface area (Å²) >= 11 is 0. The molecule has 0 aliphatic rings. The molecular formula is C19H19N5O4. The zero-order chi connectivity index (χ0) is 20.6. The number of aromatic nitrogens is 3. The van der Waals surface area contributed by atoms with Crippen molar-refractivity contribution in [3.05, 3.63) is 62.4 Å². The summed E-state index contributed by atoms with van der Waals surface area (Å²) in [5, 5.41) is 5.43. The van der Waals surface area contributed by atoms with Crippen molar-refractivity contribution in [3.8, 4) is 0 Å². The summed E-state index contributed by atoms with van der Waals surface area (Å²) in [6.45, 7) is 3.08. The van der Waals surface area contributed by atoms with Gasteiger partial charge in [-0.15, -0.1) is 0 Å². The Bertz CT molecular complexity index is 1220. The fourth-order valence-corrected chi connectivity index (χ4v) is 2.90. The first-order valence-corrected chi connectivity index (χ1v) is 8.45. The molecule has 0 saturated heterocycles. The van der Waals surface area contributed by atoms with Crippen LogP contribution in [0.1, 0.15) is 23.0 Å². The third-order valence-corrected chi connectivity index (χ3v) is 4.25. The third kappa shape index (κ3) is 3.41. The van der Waals surface area contributed by atoms with Gasteiger partial charge in [-0.25, -0.2) is 9.78 Å². The highest BCUT2D eigenvalue weighted by atomic mass is 16.2. The van der Waals surface area contributed by atoms with Gasteiger partial charge in [-0.3, -0.25) is 23.5 Å². The molecule has 0 aliphatic carbocycles. The zero-order valence-electron chi connectivity index (χ0n) is 15.9. The lowest BCUT2D eigenvalue weighted by molar-refractivity contribution is -0.114. The number of pyridine rings is 1. The van der Waals surface area contributed by atoms with Crippen molar-refractivity contribution in [2.75, 3.05) is 10.6 Å². The maximum absolute atomic E-state index is 12.9. The van der Waals surface area contributed by atoms with Gasteiger partial charge in [0.2, 0.25) is 5.91 Å². The maximum Gasteiger partial charge on any atom is 0.332 e. The van der Waals surface area contributed by atoms with Crippen LogP contribution in [0.5, 0.6) is 0 Å². The first kappa shape index (κ1) is 19.0. The minimum atomic E-state index is -0.586. The Hall–Kier alpha value is -3.75. The summed E-state index contributed by atoms with van der Waals surface area (Å²) < 4.78 is 2.18. The van der Waals surface area contributed by atoms with Gasteiger partial charge < -0.3 is 10.6 Å². The van der Waals surface area contributed by atoms with Crippen LogP contribution in [0.15, 0.2) is 39.9 Å². The Kier molecular flexibility index (Phi) is 4.83. The third-order valence-electron chi connectivity index (χ3n) is 4.25. The van der Waals surface area contributed by atoms with Crippen molar-refractivity contribution < 1.29 is 9.59 Å². The Balaban J connectivity index is 2.06. The fraction of sp³-hybridized carbons (Fsp3) is 0.211. The highest BCUT2D eigenvalue weighted by molar-refractivity contribution is 6.11. The first-order valence-electron chi connectivity index (χ1n) is 8.45. The Morgan fingerprint density at radius 3 is 2.11 bits per heavy atom. The molecule has 0 atom stereocenters. The number of hydrogen-bond donors (Lipinski definition) is 2. The number of nitrogens with one attached hydrogen (secondary N) is 2. The predicted octanol–water partition coefficient (Wildman–Crippen LogP) is 1.15. The topological polar surface area (TPSA) is 115 Å². The van der Waals surface area contributed by atoms with Gasteiger partial charge in [-0.05, 0) is 37.3 Å². The number of carbonyl (C=O) groups is 2. The SMILES string of the molecule is CC(=O)Nc1ccc(NC(=O)c2cc(C)nc3c2c(=O)n(C)c(=O)n3C)cc1. The Morgan fingerprint density at radius 1 is 0.964 bits per heavy atom. The van der Waals surface area contributed by atoms with Gasteiger partial charge in [-0.2, -0.15) is 0 Å². The van der Waals surface area contributed by atoms with E-state index in [9.17, 15) is 19.2 Å². The van der Waals surface area contributed by atoms with Crippen LogP contribution < -0.4 is 21.9 Å². The number of hydrogen-bond acceptors (Lipinski definition) is 5. The van der Waals surface area contributed by atoms with E-state index in [1.54, 1.807) is 31.2 Å². The number of aryl methyl sites for hydroxylation is 2. The average Bonchev–Trinajstić information content (AvgIpc) is 2.65. The molecule has 0 fully saturated rings. The van der Waals surface area contributed by atoms with Crippen LogP contribution >= 0.6 is 0 Å². The van der Waals surface area contributed by atoms with Crippen LogP contribution in [0.25, 0.3) is 11.0 Å². The maximum atomic E-state index is 12.9. The van der Waals surface area contributed by atoms with Gasteiger partial charge in [0.05, 0.1) is 10.9 Å². The van der Waals surface area contributed by atoms with Gasteiger partial charge in [0, 0.05) is 38.1 Å². The van der Waals surface area contributed by atoms with E-state index < -0.39 is 17.2 Å². The molecule has 3 rings (SSSR count). The van der Waals surface area contributed by atoms with Gasteiger partial charge in [0.25, 0.3) is 11.5 Å². The molecule has 2 amide bonds. The van der Waals surface area contributed by atoms with Crippen LogP contribution in [0.4, 0.5) is 11.4 Å². The number of nitrogens with zero attached hydrogens (tertiary/aromatic N) is 3. The fourth-order valence-electron chi connectivity index (χ4n) is 2.90. The molecule has 9 heteroatoms. The quantitative estimate of drug-likeness (QED) is 0.706. The normalized spacial score (nSPS) is 10.7. The van der Waals surface area contributed by atoms with Gasteiger partial charge >= 0.3 is 5.69 Å². The van der Waals surface area contributed by atoms with E-state index in [0.717, 1.165) is 4.57 Å². The molecular weight excluding hydrogens is 362 g/mol. The number of rotatable bonds is 3. The molecule has 0 spiro atoms. The molecule has 1 aromatic carbocycles. The molecule has 144 valence electrons. The molecule has 0 saturated carbocycles. The van der Waals surface area contributed by atoms with Gasteiger partial charge in [0.1, 0.15) is 5.65 Å². The minimum absolute atomic E-state index is 0.0718. The second-order valence-corrected chi connectivity index (χ2v) is 6.43. The van der Waals surface area contributed by atoms with Crippen molar-refractivity contribution in [1.82, 2.24) is 14.1 Å². The zero-order valence-corrected chi connectivity index (χ0v) is 15.9. The number of carbonyl (C=O) groups excluding carboxylic acids is 2. The molecule has 0 unspecified atom stereocenters. The second kappa shape index (κ2) is 7.10. The smallest absolute Gasteiger partial charge is 0.326 e. The number of anilines is 2. The number of benzene rings is 1. The summed E-state index contributed by atoms with van der Waals surface area (Å²) in [6.07, 6.45) is 0. The van der Waals surface area contributed by atoms with Crippen molar-refractivity contribution in [3.63, 3.8) is 0 Å². The predicted molar refractivity (Wildman–Crippen MR) is 106 cm³/mol. The van der Waals surface area contributed by atoms with Crippen molar-refractivity contribution in [2.45, 2.75) is 13.8 Å². The number of amides is 2. The molecule has 28 heavy (non-hydrogen) atoms. The summed E-state index contributed by atoms with van der Waals surface area (Å²) in [4.78, 5) is 53.0. The van der Waals surface area contributed by atoms with Crippen LogP contribution in [0, 0.1) is 6.92 Å². The summed E-state index contributed by atoms with van der Waals surface area (Å²) in [5.74, 6) is -0.699. The van der Waals surface area contributed by atoms with E-state index in [-0.39, 0.29) is 22.5 Å². The van der Waals surface area contributed by atoms with Crippen LogP contribution in [0.2, 0.25) is 0 Å². The molecule has 3 aromatic rings. The average molecular weight is 381 g/mol. The van der Waals surface area contributed by atoms with Gasteiger partial charge in [0.15, 0.2) is 0 Å². The monoisotopic (exact) mass is 381 g/mol. The lowest BCUT2D eigenvalue weighted by Gasteiger charge is -2.12. The largest absolute Gasteiger partial charge is 0.332 e. The van der Waals surface area contributed by atoms with E-state index in [1.807, 2.05) is 0 Å². The summed E-state index contributed by atoms with van der Waals surface area (Å²) in [6, 6.07) is 8.07. The minimum Gasteiger partial charge on any atom is -0.326 e. The summed E-state index contributed by atoms with van der Waals surface area (Å²) in [7, 11) is 2.85. The summed E-state index contributed by atoms with van der Waals surface area (Å²) in [5.41, 5.74) is 0.765. The van der Waals surface area contributed by atoms with E-state index in [0.29, 0.717) is 17.1 Å². The molecule has 0 aliphatic heterocycles. The molecule has 0 radical (unpaired) electrons. The van der Waals surface area contributed by atoms with E-state index in [4.69, 9.17) is 0 Å². The van der Waals surface area contributed by atoms with E-state index in [2.05, 4.69) is 15.6 Å². The molecule has 9 nitrogen and oxygen atoms in total. The Morgan fingerprint density at radius 2 is 1.54 bits per heavy atom. The van der Waals surface area contributed by atoms with Crippen LogP contribution in [-0.2, 0) is 18.9 Å². The van der Waals surface area contributed by atoms with E-state index in [1.165, 1.54) is 31.7 Å². The van der Waals surface area contributed by atoms with Crippen molar-refractivity contribution in [2.24, 2.45) is 14.1 Å². The molecule has 2 N–H and O–H groups in total. The second-order valence-electron chi connectivity index (χ2n) is 6.43. The highest BCUT2D eigenvalue weighted by Crippen LogP contribution is 2.18. The first-order chi connectivity index (χ1) is 13.2. The van der Waals surface area contributed by atoms with Gasteiger partial charge in [-0.1, -0.05) is 0 Å². The van der Waals surface area contributed by atoms with Crippen LogP contribution in [-0.4, -0.2) is 25.9 Å². The highest BCUT2D eigenvalue weighted by Gasteiger charge is 2.19. The lowest BCUT2D eigenvalue weighted by atomic mass is 10.1. The van der Waals surface area contributed by atoms with Crippen molar-refractivity contribution >= 4 is 34.2 Å². The number of fused-ring (bicyclic) bond motifs is 1. The molecule has 2 aromatic heterocycles. The molecule has 0 bridgehead atoms. The van der Waals surface area contributed by atoms with Crippen LogP contribution in [0.3, 0.4) is 0 Å².